The molecule has 4 N–H and O–H groups in total. The summed E-state index contributed by atoms with van der Waals surface area (Å²) in [6, 6.07) is 1.37. The molecular weight excluding hydrogens is 260 g/mol. The zero-order valence-corrected chi connectivity index (χ0v) is 11.9. The number of rotatable bonds is 6. The van der Waals surface area contributed by atoms with Crippen molar-refractivity contribution in [1.82, 2.24) is 10.3 Å². The molecule has 0 aliphatic rings. The number of carbonyl (C=O) groups is 2. The van der Waals surface area contributed by atoms with E-state index < -0.39 is 5.97 Å². The van der Waals surface area contributed by atoms with Gasteiger partial charge in [-0.25, -0.2) is 9.78 Å². The Hall–Kier alpha value is -2.31. The minimum Gasteiger partial charge on any atom is -0.478 e. The van der Waals surface area contributed by atoms with Crippen molar-refractivity contribution >= 4 is 23.4 Å². The maximum Gasteiger partial charge on any atom is 0.339 e. The number of carbonyl (C=O) groups excluding carboxylic acids is 1. The fourth-order valence-electron chi connectivity index (χ4n) is 1.76. The molecule has 0 unspecified atom stereocenters. The van der Waals surface area contributed by atoms with Crippen molar-refractivity contribution in [3.8, 4) is 0 Å². The van der Waals surface area contributed by atoms with Crippen molar-refractivity contribution in [3.05, 3.63) is 17.8 Å². The Morgan fingerprint density at radius 3 is 2.65 bits per heavy atom. The third-order valence-electron chi connectivity index (χ3n) is 2.58. The van der Waals surface area contributed by atoms with Gasteiger partial charge in [0.15, 0.2) is 0 Å². The van der Waals surface area contributed by atoms with Crippen LogP contribution in [0.5, 0.6) is 0 Å². The zero-order valence-electron chi connectivity index (χ0n) is 11.9. The minimum absolute atomic E-state index is 0.0100. The zero-order chi connectivity index (χ0) is 15.3. The lowest BCUT2D eigenvalue weighted by Gasteiger charge is -2.23. The lowest BCUT2D eigenvalue weighted by Crippen LogP contribution is -2.41. The van der Waals surface area contributed by atoms with Crippen LogP contribution in [0.1, 0.15) is 31.1 Å². The van der Waals surface area contributed by atoms with Gasteiger partial charge in [-0.05, 0) is 26.8 Å². The molecule has 0 aliphatic heterocycles. The standard InChI is InChI=1S/C13H20N4O3/c1-4-17(7-11(18)16-8(2)3)12-10(13(19)20)5-9(14)6-15-12/h5-6,8H,4,7,14H2,1-3H3,(H,16,18)(H,19,20). The molecule has 0 aromatic carbocycles. The fourth-order valence-corrected chi connectivity index (χ4v) is 1.76. The Morgan fingerprint density at radius 1 is 1.50 bits per heavy atom. The van der Waals surface area contributed by atoms with Gasteiger partial charge in [0.1, 0.15) is 11.4 Å². The van der Waals surface area contributed by atoms with E-state index in [1.54, 1.807) is 4.90 Å². The first kappa shape index (κ1) is 15.7. The van der Waals surface area contributed by atoms with Gasteiger partial charge in [0.05, 0.1) is 18.4 Å². The summed E-state index contributed by atoms with van der Waals surface area (Å²) in [7, 11) is 0. The van der Waals surface area contributed by atoms with E-state index in [1.165, 1.54) is 12.3 Å². The predicted molar refractivity (Wildman–Crippen MR) is 76.8 cm³/mol. The van der Waals surface area contributed by atoms with Gasteiger partial charge in [-0.15, -0.1) is 0 Å². The average Bonchev–Trinajstić information content (AvgIpc) is 2.35. The Labute approximate surface area is 117 Å². The van der Waals surface area contributed by atoms with Crippen molar-refractivity contribution in [2.45, 2.75) is 26.8 Å². The van der Waals surface area contributed by atoms with Gasteiger partial charge < -0.3 is 21.1 Å². The Balaban J connectivity index is 3.00. The van der Waals surface area contributed by atoms with Crippen LogP contribution in [0.2, 0.25) is 0 Å². The van der Waals surface area contributed by atoms with Crippen molar-refractivity contribution in [2.24, 2.45) is 0 Å². The van der Waals surface area contributed by atoms with Crippen LogP contribution in [0.4, 0.5) is 11.5 Å². The molecule has 110 valence electrons. The molecule has 7 heteroatoms. The smallest absolute Gasteiger partial charge is 0.339 e. The van der Waals surface area contributed by atoms with Crippen LogP contribution in [0, 0.1) is 0 Å². The number of nitrogens with two attached hydrogens (primary N) is 1. The molecule has 20 heavy (non-hydrogen) atoms. The largest absolute Gasteiger partial charge is 0.478 e. The monoisotopic (exact) mass is 280 g/mol. The second-order valence-electron chi connectivity index (χ2n) is 4.68. The van der Waals surface area contributed by atoms with Gasteiger partial charge >= 0.3 is 5.97 Å². The molecule has 0 aliphatic carbocycles. The first-order chi connectivity index (χ1) is 9.35. The third-order valence-corrected chi connectivity index (χ3v) is 2.58. The molecule has 0 fully saturated rings. The van der Waals surface area contributed by atoms with Crippen molar-refractivity contribution < 1.29 is 14.7 Å². The molecule has 0 saturated heterocycles. The fraction of sp³-hybridized carbons (Fsp3) is 0.462. The number of nitrogen functional groups attached to an aromatic ring is 1. The molecule has 0 spiro atoms. The van der Waals surface area contributed by atoms with Crippen LogP contribution >= 0.6 is 0 Å². The van der Waals surface area contributed by atoms with Crippen LogP contribution in [0.3, 0.4) is 0 Å². The van der Waals surface area contributed by atoms with E-state index in [4.69, 9.17) is 5.73 Å². The molecule has 0 atom stereocenters. The Kier molecular flexibility index (Phi) is 5.31. The topological polar surface area (TPSA) is 109 Å². The number of carboxylic acid groups (broad SMARTS) is 1. The molecule has 1 aromatic rings. The van der Waals surface area contributed by atoms with Crippen LogP contribution in [0.25, 0.3) is 0 Å². The van der Waals surface area contributed by atoms with Crippen LogP contribution < -0.4 is 16.0 Å². The second-order valence-corrected chi connectivity index (χ2v) is 4.68. The average molecular weight is 280 g/mol. The lowest BCUT2D eigenvalue weighted by atomic mass is 10.2. The molecule has 1 aromatic heterocycles. The quantitative estimate of drug-likeness (QED) is 0.708. The molecule has 0 bridgehead atoms. The van der Waals surface area contributed by atoms with Gasteiger partial charge in [-0.2, -0.15) is 0 Å². The molecule has 7 nitrogen and oxygen atoms in total. The predicted octanol–water partition coefficient (Wildman–Crippen LogP) is 0.713. The van der Waals surface area contributed by atoms with Crippen molar-refractivity contribution in [1.29, 1.82) is 0 Å². The highest BCUT2D eigenvalue weighted by Gasteiger charge is 2.19. The van der Waals surface area contributed by atoms with E-state index in [9.17, 15) is 14.7 Å². The summed E-state index contributed by atoms with van der Waals surface area (Å²) in [5.41, 5.74) is 5.81. The maximum atomic E-state index is 11.8. The van der Waals surface area contributed by atoms with E-state index in [1.807, 2.05) is 20.8 Å². The van der Waals surface area contributed by atoms with Crippen molar-refractivity contribution in [2.75, 3.05) is 23.7 Å². The van der Waals surface area contributed by atoms with Gasteiger partial charge in [0.25, 0.3) is 0 Å². The van der Waals surface area contributed by atoms with E-state index >= 15 is 0 Å². The molecule has 1 heterocycles. The Morgan fingerprint density at radius 2 is 2.15 bits per heavy atom. The van der Waals surface area contributed by atoms with E-state index in [0.29, 0.717) is 6.54 Å². The first-order valence-corrected chi connectivity index (χ1v) is 6.38. The highest BCUT2D eigenvalue weighted by atomic mass is 16.4. The Bertz CT molecular complexity index is 502. The first-order valence-electron chi connectivity index (χ1n) is 6.38. The van der Waals surface area contributed by atoms with Crippen molar-refractivity contribution in [3.63, 3.8) is 0 Å². The number of carboxylic acids is 1. The highest BCUT2D eigenvalue weighted by molar-refractivity contribution is 5.95. The molecule has 0 radical (unpaired) electrons. The van der Waals surface area contributed by atoms with Gasteiger partial charge in [0, 0.05) is 12.6 Å². The SMILES string of the molecule is CCN(CC(=O)NC(C)C)c1ncc(N)cc1C(=O)O. The number of aromatic nitrogens is 1. The summed E-state index contributed by atoms with van der Waals surface area (Å²) in [6.07, 6.45) is 1.38. The number of hydrogen-bond donors (Lipinski definition) is 3. The van der Waals surface area contributed by atoms with Crippen LogP contribution in [-0.2, 0) is 4.79 Å². The van der Waals surface area contributed by atoms with E-state index in [2.05, 4.69) is 10.3 Å². The van der Waals surface area contributed by atoms with Gasteiger partial charge in [0.2, 0.25) is 5.91 Å². The summed E-state index contributed by atoms with van der Waals surface area (Å²) < 4.78 is 0. The number of anilines is 2. The second kappa shape index (κ2) is 6.74. The molecular formula is C13H20N4O3. The number of likely N-dealkylation sites (N-methyl/N-ethyl adjacent to an activating group) is 1. The summed E-state index contributed by atoms with van der Waals surface area (Å²) in [6.45, 7) is 6.05. The molecule has 1 rings (SSSR count). The van der Waals surface area contributed by atoms with Gasteiger partial charge in [-0.1, -0.05) is 0 Å². The minimum atomic E-state index is -1.12. The molecule has 1 amide bonds. The number of amides is 1. The normalized spacial score (nSPS) is 10.4. The van der Waals surface area contributed by atoms with Crippen LogP contribution in [0.15, 0.2) is 12.3 Å². The lowest BCUT2D eigenvalue weighted by molar-refractivity contribution is -0.120. The van der Waals surface area contributed by atoms with Gasteiger partial charge in [-0.3, -0.25) is 4.79 Å². The number of aromatic carboxylic acids is 1. The summed E-state index contributed by atoms with van der Waals surface area (Å²) in [5, 5.41) is 11.9. The van der Waals surface area contributed by atoms with Crippen LogP contribution in [-0.4, -0.2) is 41.1 Å². The number of pyridine rings is 1. The molecule has 0 saturated carbocycles. The van der Waals surface area contributed by atoms with E-state index in [0.717, 1.165) is 0 Å². The highest BCUT2D eigenvalue weighted by Crippen LogP contribution is 2.19. The third kappa shape index (κ3) is 4.11. The maximum absolute atomic E-state index is 11.8. The summed E-state index contributed by atoms with van der Waals surface area (Å²) in [5.74, 6) is -1.06. The van der Waals surface area contributed by atoms with E-state index in [-0.39, 0.29) is 35.6 Å². The number of nitrogens with one attached hydrogen (secondary N) is 1. The number of nitrogens with zero attached hydrogens (tertiary/aromatic N) is 2. The summed E-state index contributed by atoms with van der Waals surface area (Å²) >= 11 is 0. The summed E-state index contributed by atoms with van der Waals surface area (Å²) in [4.78, 5) is 28.7. The number of hydrogen-bond acceptors (Lipinski definition) is 5.